The predicted octanol–water partition coefficient (Wildman–Crippen LogP) is 10.7. The van der Waals surface area contributed by atoms with Gasteiger partial charge in [-0.1, -0.05) is 127 Å². The molecule has 0 aliphatic carbocycles. The van der Waals surface area contributed by atoms with E-state index < -0.39 is 0 Å². The van der Waals surface area contributed by atoms with Gasteiger partial charge in [0.2, 0.25) is 0 Å². The molecular weight excluding hydrogens is 617 g/mol. The molecule has 51 heavy (non-hydrogen) atoms. The number of aromatic nitrogens is 2. The topological polar surface area (TPSA) is 21.9 Å². The van der Waals surface area contributed by atoms with Crippen molar-refractivity contribution in [2.24, 2.45) is 0 Å². The third kappa shape index (κ3) is 4.02. The maximum Gasteiger partial charge on any atom is 0.197 e. The summed E-state index contributed by atoms with van der Waals surface area (Å²) in [6.07, 6.45) is 0. The summed E-state index contributed by atoms with van der Waals surface area (Å²) in [7, 11) is 2.43. The van der Waals surface area contributed by atoms with Gasteiger partial charge in [0.1, 0.15) is 0 Å². The molecule has 237 valence electrons. The normalized spacial score (nSPS) is 12.2. The fraction of sp³-hybridized carbons (Fsp3) is 0.0213. The van der Waals surface area contributed by atoms with Crippen LogP contribution in [0.15, 0.2) is 164 Å². The van der Waals surface area contributed by atoms with Crippen molar-refractivity contribution >= 4 is 84.0 Å². The summed E-state index contributed by atoms with van der Waals surface area (Å²) in [6, 6.07) is 59.7. The van der Waals surface area contributed by atoms with E-state index in [1.165, 1.54) is 87.7 Å². The van der Waals surface area contributed by atoms with E-state index in [1.807, 2.05) is 0 Å². The van der Waals surface area contributed by atoms with E-state index in [0.717, 1.165) is 17.1 Å². The number of hydrogen-bond donors (Lipinski definition) is 1. The molecule has 0 spiro atoms. The lowest BCUT2D eigenvalue weighted by atomic mass is 9.58. The van der Waals surface area contributed by atoms with Crippen molar-refractivity contribution < 1.29 is 0 Å². The molecule has 3 nitrogen and oxygen atoms in total. The van der Waals surface area contributed by atoms with Crippen LogP contribution in [0.5, 0.6) is 0 Å². The van der Waals surface area contributed by atoms with Crippen LogP contribution < -0.4 is 16.2 Å². The second kappa shape index (κ2) is 10.7. The number of nitrogens with zero attached hydrogens (tertiary/aromatic N) is 2. The minimum atomic E-state index is 1.07. The summed E-state index contributed by atoms with van der Waals surface area (Å²) in [6.45, 7) is 2.17. The van der Waals surface area contributed by atoms with Gasteiger partial charge in [-0.15, -0.1) is 0 Å². The largest absolute Gasteiger partial charge is 0.355 e. The van der Waals surface area contributed by atoms with Crippen molar-refractivity contribution in [3.63, 3.8) is 0 Å². The molecule has 0 bridgehead atoms. The monoisotopic (exact) mass is 648 g/mol. The summed E-state index contributed by atoms with van der Waals surface area (Å²) < 4.78 is 4.99. The van der Waals surface area contributed by atoms with Crippen molar-refractivity contribution in [2.75, 3.05) is 5.32 Å². The first kappa shape index (κ1) is 28.3. The molecule has 1 N–H and O–H groups in total. The first-order valence-corrected chi connectivity index (χ1v) is 17.6. The van der Waals surface area contributed by atoms with E-state index in [9.17, 15) is 0 Å². The average Bonchev–Trinajstić information content (AvgIpc) is 3.70. The highest BCUT2D eigenvalue weighted by molar-refractivity contribution is 6.74. The first-order valence-electron chi connectivity index (χ1n) is 17.6. The molecule has 11 rings (SSSR count). The van der Waals surface area contributed by atoms with Gasteiger partial charge in [-0.25, -0.2) is 0 Å². The maximum atomic E-state index is 3.94. The van der Waals surface area contributed by atoms with Crippen LogP contribution in [-0.4, -0.2) is 16.4 Å². The van der Waals surface area contributed by atoms with Gasteiger partial charge in [0, 0.05) is 60.8 Å². The Bertz CT molecular complexity index is 3040. The molecule has 1 radical (unpaired) electrons. The zero-order valence-corrected chi connectivity index (χ0v) is 28.1. The van der Waals surface area contributed by atoms with Gasteiger partial charge in [0.25, 0.3) is 0 Å². The Balaban J connectivity index is 1.35. The molecule has 8 aromatic carbocycles. The SMILES string of the molecule is Cc1ccccc1Nc1ccc2c3ccccc3n(-c3ccccc3)c2c1-c1cc2ccccc2c2c1[B]c1cccc3c4ccccc4n-2c13. The van der Waals surface area contributed by atoms with Crippen molar-refractivity contribution in [1.82, 2.24) is 9.13 Å². The van der Waals surface area contributed by atoms with Crippen molar-refractivity contribution in [3.8, 4) is 22.5 Å². The number of para-hydroxylation sites is 5. The highest BCUT2D eigenvalue weighted by Crippen LogP contribution is 2.45. The van der Waals surface area contributed by atoms with Crippen LogP contribution in [-0.2, 0) is 0 Å². The van der Waals surface area contributed by atoms with Gasteiger partial charge in [-0.05, 0) is 71.4 Å². The maximum absolute atomic E-state index is 3.94. The number of benzene rings is 8. The number of anilines is 2. The average molecular weight is 649 g/mol. The fourth-order valence-electron chi connectivity index (χ4n) is 8.63. The Hall–Kier alpha value is -6.52. The number of fused-ring (bicyclic) bond motifs is 10. The third-order valence-electron chi connectivity index (χ3n) is 10.8. The van der Waals surface area contributed by atoms with Crippen LogP contribution in [0.1, 0.15) is 5.56 Å². The van der Waals surface area contributed by atoms with E-state index in [-0.39, 0.29) is 0 Å². The summed E-state index contributed by atoms with van der Waals surface area (Å²) in [5.74, 6) is 0. The minimum Gasteiger partial charge on any atom is -0.355 e. The molecule has 0 saturated heterocycles. The van der Waals surface area contributed by atoms with Crippen molar-refractivity contribution in [2.45, 2.75) is 6.92 Å². The smallest absolute Gasteiger partial charge is 0.197 e. The summed E-state index contributed by atoms with van der Waals surface area (Å²) >= 11 is 0. The van der Waals surface area contributed by atoms with Crippen molar-refractivity contribution in [3.05, 3.63) is 169 Å². The van der Waals surface area contributed by atoms with Gasteiger partial charge in [-0.3, -0.25) is 0 Å². The second-order valence-electron chi connectivity index (χ2n) is 13.7. The van der Waals surface area contributed by atoms with Crippen LogP contribution in [0, 0.1) is 6.92 Å². The zero-order valence-electron chi connectivity index (χ0n) is 28.1. The predicted molar refractivity (Wildman–Crippen MR) is 218 cm³/mol. The second-order valence-corrected chi connectivity index (χ2v) is 13.7. The first-order chi connectivity index (χ1) is 25.2. The number of hydrogen-bond acceptors (Lipinski definition) is 1. The Morgan fingerprint density at radius 1 is 0.490 bits per heavy atom. The molecular formula is C47H31BN3. The molecule has 0 atom stereocenters. The summed E-state index contributed by atoms with van der Waals surface area (Å²) in [4.78, 5) is 0. The van der Waals surface area contributed by atoms with E-state index >= 15 is 0 Å². The molecule has 1 aliphatic rings. The quantitative estimate of drug-likeness (QED) is 0.189. The Morgan fingerprint density at radius 3 is 1.94 bits per heavy atom. The van der Waals surface area contributed by atoms with Crippen LogP contribution in [0.2, 0.25) is 0 Å². The van der Waals surface area contributed by atoms with Crippen LogP contribution >= 0.6 is 0 Å². The Labute approximate surface area is 296 Å². The highest BCUT2D eigenvalue weighted by atomic mass is 15.0. The zero-order chi connectivity index (χ0) is 33.6. The standard InChI is InChI=1S/C47H31BN3/c1-29-14-5-10-23-39(29)49-40-27-26-36-34-20-8-11-24-41(34)50(31-16-3-2-4-17-31)46(36)43(40)37-28-30-15-6-7-18-32(30)47-44(37)48-38-22-13-21-35-33-19-9-12-25-42(33)51(47)45(35)38/h2-28,49H,1H3. The van der Waals surface area contributed by atoms with Crippen molar-refractivity contribution in [1.29, 1.82) is 0 Å². The van der Waals surface area contributed by atoms with Crippen LogP contribution in [0.25, 0.3) is 76.9 Å². The third-order valence-corrected chi connectivity index (χ3v) is 10.8. The molecule has 2 aromatic heterocycles. The molecule has 0 unspecified atom stereocenters. The minimum absolute atomic E-state index is 1.07. The Kier molecular flexibility index (Phi) is 5.97. The lowest BCUT2D eigenvalue weighted by Gasteiger charge is -2.27. The van der Waals surface area contributed by atoms with Gasteiger partial charge in [0.15, 0.2) is 7.28 Å². The highest BCUT2D eigenvalue weighted by Gasteiger charge is 2.29. The fourth-order valence-corrected chi connectivity index (χ4v) is 8.63. The van der Waals surface area contributed by atoms with Gasteiger partial charge in [0.05, 0.1) is 16.6 Å². The van der Waals surface area contributed by atoms with Gasteiger partial charge >= 0.3 is 0 Å². The Morgan fingerprint density at radius 2 is 1.14 bits per heavy atom. The van der Waals surface area contributed by atoms with E-state index in [4.69, 9.17) is 0 Å². The number of aryl methyl sites for hydroxylation is 1. The molecule has 1 aliphatic heterocycles. The summed E-state index contributed by atoms with van der Waals surface area (Å²) in [5.41, 5.74) is 15.5. The van der Waals surface area contributed by atoms with Gasteiger partial charge in [-0.2, -0.15) is 0 Å². The lowest BCUT2D eigenvalue weighted by molar-refractivity contribution is 1.18. The van der Waals surface area contributed by atoms with Gasteiger partial charge < -0.3 is 14.5 Å². The van der Waals surface area contributed by atoms with E-state index in [2.05, 4.69) is 192 Å². The molecule has 10 aromatic rings. The van der Waals surface area contributed by atoms with E-state index in [0.29, 0.717) is 0 Å². The molecule has 0 fully saturated rings. The molecule has 3 heterocycles. The van der Waals surface area contributed by atoms with Crippen LogP contribution in [0.4, 0.5) is 11.4 Å². The number of rotatable bonds is 4. The number of nitrogens with one attached hydrogen (secondary N) is 1. The summed E-state index contributed by atoms with van der Waals surface area (Å²) in [5, 5.41) is 11.4. The van der Waals surface area contributed by atoms with Crippen LogP contribution in [0.3, 0.4) is 0 Å². The van der Waals surface area contributed by atoms with E-state index in [1.54, 1.807) is 0 Å². The molecule has 0 amide bonds. The lowest BCUT2D eigenvalue weighted by Crippen LogP contribution is -2.37. The molecule has 4 heteroatoms. The molecule has 0 saturated carbocycles.